The van der Waals surface area contributed by atoms with E-state index in [2.05, 4.69) is 10.0 Å². The summed E-state index contributed by atoms with van der Waals surface area (Å²) in [5.41, 5.74) is 1.34. The zero-order chi connectivity index (χ0) is 22.4. The van der Waals surface area contributed by atoms with Gasteiger partial charge in [-0.05, 0) is 48.9 Å². The van der Waals surface area contributed by atoms with Gasteiger partial charge >= 0.3 is 0 Å². The van der Waals surface area contributed by atoms with Crippen LogP contribution in [-0.2, 0) is 14.8 Å². The summed E-state index contributed by atoms with van der Waals surface area (Å²) < 4.78 is 38.8. The molecule has 0 bridgehead atoms. The molecule has 31 heavy (non-hydrogen) atoms. The number of sulfonamides is 1. The number of para-hydroxylation sites is 3. The summed E-state index contributed by atoms with van der Waals surface area (Å²) in [6.07, 6.45) is 0. The first kappa shape index (κ1) is 22.5. The minimum absolute atomic E-state index is 0.0714. The van der Waals surface area contributed by atoms with Gasteiger partial charge in [0.25, 0.3) is 15.9 Å². The second-order valence-corrected chi connectivity index (χ2v) is 8.64. The summed E-state index contributed by atoms with van der Waals surface area (Å²) in [5.74, 6) is 0.486. The number of aryl methyl sites for hydroxylation is 1. The molecule has 162 valence electrons. The molecule has 3 aromatic rings. The molecule has 3 rings (SSSR count). The first-order chi connectivity index (χ1) is 14.8. The van der Waals surface area contributed by atoms with Crippen molar-refractivity contribution >= 4 is 38.9 Å². The highest BCUT2D eigenvalue weighted by Gasteiger charge is 2.19. The number of amides is 1. The highest BCUT2D eigenvalue weighted by Crippen LogP contribution is 2.29. The fraction of sp³-hybridized carbons (Fsp3) is 0.136. The zero-order valence-electron chi connectivity index (χ0n) is 16.9. The third-order valence-corrected chi connectivity index (χ3v) is 6.02. The monoisotopic (exact) mass is 460 g/mol. The predicted molar refractivity (Wildman–Crippen MR) is 121 cm³/mol. The fourth-order valence-corrected chi connectivity index (χ4v) is 4.01. The number of hydrogen-bond acceptors (Lipinski definition) is 5. The van der Waals surface area contributed by atoms with Gasteiger partial charge in [0.2, 0.25) is 0 Å². The van der Waals surface area contributed by atoms with Crippen molar-refractivity contribution in [2.45, 2.75) is 11.8 Å². The minimum atomic E-state index is -3.95. The molecule has 3 aromatic carbocycles. The van der Waals surface area contributed by atoms with Crippen LogP contribution in [0.25, 0.3) is 0 Å². The second-order valence-electron chi connectivity index (χ2n) is 6.55. The lowest BCUT2D eigenvalue weighted by atomic mass is 10.2. The van der Waals surface area contributed by atoms with E-state index in [1.165, 1.54) is 25.3 Å². The summed E-state index contributed by atoms with van der Waals surface area (Å²) in [5, 5.41) is 2.78. The first-order valence-electron chi connectivity index (χ1n) is 9.24. The van der Waals surface area contributed by atoms with E-state index in [1.807, 2.05) is 19.1 Å². The van der Waals surface area contributed by atoms with Crippen LogP contribution in [0.3, 0.4) is 0 Å². The Kier molecular flexibility index (Phi) is 7.04. The Morgan fingerprint density at radius 2 is 1.65 bits per heavy atom. The van der Waals surface area contributed by atoms with Crippen LogP contribution in [0.5, 0.6) is 11.5 Å². The van der Waals surface area contributed by atoms with Gasteiger partial charge in [-0.15, -0.1) is 0 Å². The van der Waals surface area contributed by atoms with Gasteiger partial charge < -0.3 is 14.8 Å². The standard InChI is InChI=1S/C22H21ClN2O5S/c1-15-7-3-5-9-20(15)30-14-22(26)24-19-13-16(11-12-17(19)23)31(27,28)25-18-8-4-6-10-21(18)29-2/h3-13,25H,14H2,1-2H3,(H,24,26). The Balaban J connectivity index is 1.74. The Hall–Kier alpha value is -3.23. The smallest absolute Gasteiger partial charge is 0.262 e. The maximum atomic E-state index is 12.8. The highest BCUT2D eigenvalue weighted by molar-refractivity contribution is 7.92. The third kappa shape index (κ3) is 5.68. The molecule has 0 spiro atoms. The molecule has 0 unspecified atom stereocenters. The molecule has 1 amide bonds. The molecule has 0 aromatic heterocycles. The molecular weight excluding hydrogens is 440 g/mol. The predicted octanol–water partition coefficient (Wildman–Crippen LogP) is 4.48. The van der Waals surface area contributed by atoms with E-state index in [4.69, 9.17) is 21.1 Å². The molecule has 0 fully saturated rings. The van der Waals surface area contributed by atoms with Crippen molar-refractivity contribution in [3.8, 4) is 11.5 Å². The van der Waals surface area contributed by atoms with Crippen molar-refractivity contribution in [3.05, 3.63) is 77.3 Å². The molecule has 0 aliphatic heterocycles. The number of carbonyl (C=O) groups excluding carboxylic acids is 1. The van der Waals surface area contributed by atoms with Crippen LogP contribution in [0.15, 0.2) is 71.6 Å². The van der Waals surface area contributed by atoms with Gasteiger partial charge in [-0.1, -0.05) is 41.9 Å². The van der Waals surface area contributed by atoms with Crippen LogP contribution in [0.4, 0.5) is 11.4 Å². The van der Waals surface area contributed by atoms with Crippen LogP contribution in [0.1, 0.15) is 5.56 Å². The topological polar surface area (TPSA) is 93.7 Å². The summed E-state index contributed by atoms with van der Waals surface area (Å²) >= 11 is 6.15. The summed E-state index contributed by atoms with van der Waals surface area (Å²) in [4.78, 5) is 12.2. The van der Waals surface area contributed by atoms with Crippen LogP contribution in [0, 0.1) is 6.92 Å². The number of carbonyl (C=O) groups is 1. The average Bonchev–Trinajstić information content (AvgIpc) is 2.74. The van der Waals surface area contributed by atoms with Crippen molar-refractivity contribution in [2.75, 3.05) is 23.8 Å². The van der Waals surface area contributed by atoms with Crippen LogP contribution < -0.4 is 19.5 Å². The highest BCUT2D eigenvalue weighted by atomic mass is 35.5. The molecule has 0 radical (unpaired) electrons. The number of methoxy groups -OCH3 is 1. The van der Waals surface area contributed by atoms with Crippen LogP contribution >= 0.6 is 11.6 Å². The maximum Gasteiger partial charge on any atom is 0.262 e. The van der Waals surface area contributed by atoms with E-state index in [0.717, 1.165) is 5.56 Å². The SMILES string of the molecule is COc1ccccc1NS(=O)(=O)c1ccc(Cl)c(NC(=O)COc2ccccc2C)c1. The van der Waals surface area contributed by atoms with E-state index in [0.29, 0.717) is 11.5 Å². The molecule has 0 saturated heterocycles. The van der Waals surface area contributed by atoms with Gasteiger partial charge in [0.05, 0.1) is 28.4 Å². The number of ether oxygens (including phenoxy) is 2. The first-order valence-corrected chi connectivity index (χ1v) is 11.1. The van der Waals surface area contributed by atoms with E-state index in [1.54, 1.807) is 36.4 Å². The Bertz CT molecular complexity index is 1200. The molecule has 0 aliphatic rings. The molecule has 0 saturated carbocycles. The van der Waals surface area contributed by atoms with E-state index in [9.17, 15) is 13.2 Å². The number of halogens is 1. The lowest BCUT2D eigenvalue weighted by Gasteiger charge is -2.14. The number of hydrogen-bond donors (Lipinski definition) is 2. The maximum absolute atomic E-state index is 12.8. The van der Waals surface area contributed by atoms with Crippen molar-refractivity contribution in [3.63, 3.8) is 0 Å². The van der Waals surface area contributed by atoms with Gasteiger partial charge in [-0.2, -0.15) is 0 Å². The molecule has 2 N–H and O–H groups in total. The van der Waals surface area contributed by atoms with Gasteiger partial charge in [-0.3, -0.25) is 9.52 Å². The lowest BCUT2D eigenvalue weighted by molar-refractivity contribution is -0.118. The van der Waals surface area contributed by atoms with Gasteiger partial charge in [0, 0.05) is 0 Å². The number of benzene rings is 3. The van der Waals surface area contributed by atoms with Crippen molar-refractivity contribution in [1.82, 2.24) is 0 Å². The number of nitrogens with one attached hydrogen (secondary N) is 2. The van der Waals surface area contributed by atoms with Crippen LogP contribution in [0.2, 0.25) is 5.02 Å². The molecular formula is C22H21ClN2O5S. The largest absolute Gasteiger partial charge is 0.495 e. The zero-order valence-corrected chi connectivity index (χ0v) is 18.5. The summed E-state index contributed by atoms with van der Waals surface area (Å²) in [7, 11) is -2.51. The van der Waals surface area contributed by atoms with Crippen LogP contribution in [-0.4, -0.2) is 28.0 Å². The lowest BCUT2D eigenvalue weighted by Crippen LogP contribution is -2.21. The normalized spacial score (nSPS) is 10.9. The third-order valence-electron chi connectivity index (χ3n) is 4.33. The minimum Gasteiger partial charge on any atom is -0.495 e. The van der Waals surface area contributed by atoms with E-state index >= 15 is 0 Å². The fourth-order valence-electron chi connectivity index (χ4n) is 2.75. The average molecular weight is 461 g/mol. The summed E-state index contributed by atoms with van der Waals surface area (Å²) in [6.45, 7) is 1.62. The number of rotatable bonds is 8. The second kappa shape index (κ2) is 9.72. The van der Waals surface area contributed by atoms with Crippen molar-refractivity contribution < 1.29 is 22.7 Å². The molecule has 9 heteroatoms. The number of anilines is 2. The quantitative estimate of drug-likeness (QED) is 0.517. The van der Waals surface area contributed by atoms with Gasteiger partial charge in [-0.25, -0.2) is 8.42 Å². The molecule has 0 heterocycles. The Morgan fingerprint density at radius 3 is 2.35 bits per heavy atom. The molecule has 0 atom stereocenters. The van der Waals surface area contributed by atoms with Gasteiger partial charge in [0.1, 0.15) is 11.5 Å². The molecule has 7 nitrogen and oxygen atoms in total. The van der Waals surface area contributed by atoms with Crippen molar-refractivity contribution in [1.29, 1.82) is 0 Å². The Morgan fingerprint density at radius 1 is 0.968 bits per heavy atom. The van der Waals surface area contributed by atoms with E-state index in [-0.39, 0.29) is 27.9 Å². The van der Waals surface area contributed by atoms with Crippen molar-refractivity contribution in [2.24, 2.45) is 0 Å². The van der Waals surface area contributed by atoms with Gasteiger partial charge in [0.15, 0.2) is 6.61 Å². The molecule has 0 aliphatic carbocycles. The Labute approximate surface area is 186 Å². The van der Waals surface area contributed by atoms with E-state index < -0.39 is 15.9 Å². The summed E-state index contributed by atoms with van der Waals surface area (Å²) in [6, 6.07) is 18.0.